The third-order valence-electron chi connectivity index (χ3n) is 4.88. The summed E-state index contributed by atoms with van der Waals surface area (Å²) in [7, 11) is 3.44. The van der Waals surface area contributed by atoms with E-state index < -0.39 is 0 Å². The Morgan fingerprint density at radius 3 is 2.93 bits per heavy atom. The Kier molecular flexibility index (Phi) is 4.49. The molecule has 1 unspecified atom stereocenters. The molecule has 1 saturated heterocycles. The number of hydrogen-bond acceptors (Lipinski definition) is 6. The van der Waals surface area contributed by atoms with Crippen LogP contribution < -0.4 is 4.74 Å². The molecule has 1 aliphatic heterocycles. The summed E-state index contributed by atoms with van der Waals surface area (Å²) in [6.07, 6.45) is 1.49. The van der Waals surface area contributed by atoms with Gasteiger partial charge in [0.05, 0.1) is 37.1 Å². The predicted molar refractivity (Wildman–Crippen MR) is 98.6 cm³/mol. The lowest BCUT2D eigenvalue weighted by atomic mass is 10.1. The minimum Gasteiger partial charge on any atom is -0.497 e. The zero-order valence-electron chi connectivity index (χ0n) is 15.5. The second-order valence-corrected chi connectivity index (χ2v) is 6.51. The number of rotatable bonds is 3. The Bertz CT molecular complexity index is 1000. The Balaban J connectivity index is 1.72. The van der Waals surface area contributed by atoms with Crippen LogP contribution in [0.15, 0.2) is 30.6 Å². The molecule has 1 atom stereocenters. The number of methoxy groups -OCH3 is 1. The number of pyridine rings is 1. The maximum absolute atomic E-state index is 13.4. The van der Waals surface area contributed by atoms with Crippen LogP contribution in [0.1, 0.15) is 27.9 Å². The number of carbonyl (C=O) groups excluding carboxylic acids is 1. The number of benzene rings is 1. The lowest BCUT2D eigenvalue weighted by Gasteiger charge is -2.35. The fraction of sp³-hybridized carbons (Fsp3) is 0.368. The molecule has 8 nitrogen and oxygen atoms in total. The number of nitrogens with zero attached hydrogens (tertiary/aromatic N) is 5. The van der Waals surface area contributed by atoms with E-state index in [-0.39, 0.29) is 11.9 Å². The summed E-state index contributed by atoms with van der Waals surface area (Å²) in [5.41, 5.74) is 2.07. The molecular formula is C19H21N5O3. The number of hydrogen-bond donors (Lipinski definition) is 0. The number of fused-ring (bicyclic) bond motifs is 1. The molecule has 1 fully saturated rings. The van der Waals surface area contributed by atoms with Gasteiger partial charge in [-0.3, -0.25) is 14.5 Å². The quantitative estimate of drug-likeness (QED) is 0.703. The minimum atomic E-state index is -0.273. The molecule has 1 amide bonds. The van der Waals surface area contributed by atoms with E-state index in [9.17, 15) is 4.79 Å². The van der Waals surface area contributed by atoms with E-state index in [2.05, 4.69) is 15.1 Å². The van der Waals surface area contributed by atoms with Crippen LogP contribution in [0.25, 0.3) is 10.9 Å². The molecule has 0 spiro atoms. The maximum atomic E-state index is 13.4. The van der Waals surface area contributed by atoms with Gasteiger partial charge in [0, 0.05) is 25.0 Å². The molecule has 0 radical (unpaired) electrons. The molecule has 2 aromatic heterocycles. The zero-order valence-corrected chi connectivity index (χ0v) is 15.5. The van der Waals surface area contributed by atoms with Gasteiger partial charge in [0.2, 0.25) is 0 Å². The third kappa shape index (κ3) is 3.12. The number of aryl methyl sites for hydroxylation is 2. The third-order valence-corrected chi connectivity index (χ3v) is 4.88. The van der Waals surface area contributed by atoms with Crippen LogP contribution in [0.2, 0.25) is 0 Å². The van der Waals surface area contributed by atoms with Gasteiger partial charge < -0.3 is 14.4 Å². The molecule has 0 aliphatic carbocycles. The zero-order chi connectivity index (χ0) is 19.0. The van der Waals surface area contributed by atoms with Crippen molar-refractivity contribution < 1.29 is 14.3 Å². The molecule has 3 heterocycles. The van der Waals surface area contributed by atoms with Gasteiger partial charge in [0.1, 0.15) is 18.1 Å². The van der Waals surface area contributed by atoms with E-state index >= 15 is 0 Å². The van der Waals surface area contributed by atoms with E-state index in [4.69, 9.17) is 9.47 Å². The van der Waals surface area contributed by atoms with Crippen LogP contribution in [0.5, 0.6) is 5.75 Å². The van der Waals surface area contributed by atoms with E-state index in [0.717, 1.165) is 16.7 Å². The summed E-state index contributed by atoms with van der Waals surface area (Å²) in [6.45, 7) is 3.24. The highest BCUT2D eigenvalue weighted by Crippen LogP contribution is 2.27. The minimum absolute atomic E-state index is 0.0750. The van der Waals surface area contributed by atoms with Gasteiger partial charge in [-0.05, 0) is 25.1 Å². The summed E-state index contributed by atoms with van der Waals surface area (Å²) in [4.78, 5) is 24.1. The lowest BCUT2D eigenvalue weighted by Crippen LogP contribution is -2.44. The van der Waals surface area contributed by atoms with Crippen molar-refractivity contribution in [2.24, 2.45) is 7.05 Å². The SMILES string of the molecule is COc1ccc2cc(C(=O)N3CCOCC3c3ncnn3C)c(C)nc2c1. The fourth-order valence-corrected chi connectivity index (χ4v) is 3.41. The largest absolute Gasteiger partial charge is 0.497 e. The summed E-state index contributed by atoms with van der Waals surface area (Å²) >= 11 is 0. The van der Waals surface area contributed by atoms with E-state index in [0.29, 0.717) is 36.8 Å². The Hall–Kier alpha value is -3.00. The first-order chi connectivity index (χ1) is 13.1. The average Bonchev–Trinajstić information content (AvgIpc) is 3.12. The van der Waals surface area contributed by atoms with E-state index in [1.165, 1.54) is 6.33 Å². The van der Waals surface area contributed by atoms with Gasteiger partial charge in [-0.15, -0.1) is 0 Å². The van der Waals surface area contributed by atoms with Crippen molar-refractivity contribution in [2.45, 2.75) is 13.0 Å². The fourth-order valence-electron chi connectivity index (χ4n) is 3.41. The highest BCUT2D eigenvalue weighted by molar-refractivity contribution is 5.99. The van der Waals surface area contributed by atoms with Gasteiger partial charge in [-0.2, -0.15) is 5.10 Å². The molecule has 3 aromatic rings. The molecule has 0 N–H and O–H groups in total. The molecule has 1 aromatic carbocycles. The molecule has 4 rings (SSSR count). The monoisotopic (exact) mass is 367 g/mol. The standard InChI is InChI=1S/C19H21N5O3/c1-12-15(8-13-4-5-14(26-3)9-16(13)22-12)19(25)24-6-7-27-10-17(24)18-20-11-21-23(18)2/h4-5,8-9,11,17H,6-7,10H2,1-3H3. The van der Waals surface area contributed by atoms with Crippen molar-refractivity contribution in [1.29, 1.82) is 0 Å². The van der Waals surface area contributed by atoms with Gasteiger partial charge in [0.15, 0.2) is 5.82 Å². The van der Waals surface area contributed by atoms with Gasteiger partial charge >= 0.3 is 0 Å². The lowest BCUT2D eigenvalue weighted by molar-refractivity contribution is -0.00624. The smallest absolute Gasteiger partial charge is 0.256 e. The topological polar surface area (TPSA) is 82.4 Å². The van der Waals surface area contributed by atoms with Crippen LogP contribution in [0.3, 0.4) is 0 Å². The molecule has 27 heavy (non-hydrogen) atoms. The van der Waals surface area contributed by atoms with Crippen LogP contribution in [0, 0.1) is 6.92 Å². The number of carbonyl (C=O) groups is 1. The number of ether oxygens (including phenoxy) is 2. The van der Waals surface area contributed by atoms with Crippen molar-refractivity contribution >= 4 is 16.8 Å². The average molecular weight is 367 g/mol. The molecular weight excluding hydrogens is 346 g/mol. The summed E-state index contributed by atoms with van der Waals surface area (Å²) in [6, 6.07) is 7.27. The predicted octanol–water partition coefficient (Wildman–Crippen LogP) is 1.89. The second-order valence-electron chi connectivity index (χ2n) is 6.51. The first kappa shape index (κ1) is 17.4. The Labute approximate surface area is 156 Å². The first-order valence-corrected chi connectivity index (χ1v) is 8.76. The highest BCUT2D eigenvalue weighted by atomic mass is 16.5. The van der Waals surface area contributed by atoms with Crippen LogP contribution >= 0.6 is 0 Å². The van der Waals surface area contributed by atoms with Crippen molar-refractivity contribution in [1.82, 2.24) is 24.6 Å². The van der Waals surface area contributed by atoms with Crippen molar-refractivity contribution in [3.8, 4) is 5.75 Å². The van der Waals surface area contributed by atoms with E-state index in [1.807, 2.05) is 38.2 Å². The molecule has 0 bridgehead atoms. The maximum Gasteiger partial charge on any atom is 0.256 e. The van der Waals surface area contributed by atoms with Crippen LogP contribution in [0.4, 0.5) is 0 Å². The molecule has 140 valence electrons. The van der Waals surface area contributed by atoms with Crippen molar-refractivity contribution in [3.63, 3.8) is 0 Å². The Morgan fingerprint density at radius 1 is 1.33 bits per heavy atom. The second kappa shape index (κ2) is 6.96. The van der Waals surface area contributed by atoms with Gasteiger partial charge in [-0.25, -0.2) is 4.98 Å². The normalized spacial score (nSPS) is 17.3. The van der Waals surface area contributed by atoms with Crippen molar-refractivity contribution in [2.75, 3.05) is 26.9 Å². The Morgan fingerprint density at radius 2 is 2.19 bits per heavy atom. The van der Waals surface area contributed by atoms with Gasteiger partial charge in [-0.1, -0.05) is 0 Å². The number of aromatic nitrogens is 4. The summed E-state index contributed by atoms with van der Waals surface area (Å²) < 4.78 is 12.5. The molecule has 0 saturated carbocycles. The first-order valence-electron chi connectivity index (χ1n) is 8.76. The van der Waals surface area contributed by atoms with Crippen LogP contribution in [-0.4, -0.2) is 57.4 Å². The highest BCUT2D eigenvalue weighted by Gasteiger charge is 2.33. The summed E-state index contributed by atoms with van der Waals surface area (Å²) in [5, 5.41) is 5.02. The molecule has 1 aliphatic rings. The van der Waals surface area contributed by atoms with Crippen LogP contribution in [-0.2, 0) is 11.8 Å². The van der Waals surface area contributed by atoms with E-state index in [1.54, 1.807) is 16.7 Å². The van der Waals surface area contributed by atoms with Crippen molar-refractivity contribution in [3.05, 3.63) is 47.7 Å². The molecule has 8 heteroatoms. The van der Waals surface area contributed by atoms with Gasteiger partial charge in [0.25, 0.3) is 5.91 Å². The number of amides is 1. The summed E-state index contributed by atoms with van der Waals surface area (Å²) in [5.74, 6) is 1.37. The number of morpholine rings is 1.